The van der Waals surface area contributed by atoms with Gasteiger partial charge in [-0.2, -0.15) is 13.2 Å². The van der Waals surface area contributed by atoms with E-state index in [1.807, 2.05) is 0 Å². The molecular formula is C16H21F3N4O2S. The quantitative estimate of drug-likeness (QED) is 0.601. The molecule has 0 radical (unpaired) electrons. The Morgan fingerprint density at radius 3 is 2.54 bits per heavy atom. The van der Waals surface area contributed by atoms with Gasteiger partial charge in [-0.15, -0.1) is 11.8 Å². The lowest BCUT2D eigenvalue weighted by molar-refractivity contribution is -0.183. The highest BCUT2D eigenvalue weighted by Gasteiger charge is 2.43. The molecule has 1 aliphatic rings. The van der Waals surface area contributed by atoms with Gasteiger partial charge in [-0.25, -0.2) is 0 Å². The molecule has 1 unspecified atom stereocenters. The molecule has 144 valence electrons. The van der Waals surface area contributed by atoms with Crippen molar-refractivity contribution in [3.05, 3.63) is 29.8 Å². The number of carbonyl (C=O) groups is 2. The molecule has 1 aromatic carbocycles. The van der Waals surface area contributed by atoms with Gasteiger partial charge in [0.1, 0.15) is 6.04 Å². The van der Waals surface area contributed by atoms with Crippen LogP contribution in [0, 0.1) is 0 Å². The number of piperazine rings is 1. The highest BCUT2D eigenvalue weighted by molar-refractivity contribution is 8.00. The summed E-state index contributed by atoms with van der Waals surface area (Å²) in [5.41, 5.74) is 5.32. The van der Waals surface area contributed by atoms with Crippen molar-refractivity contribution in [2.75, 3.05) is 38.5 Å². The second kappa shape index (κ2) is 9.24. The lowest BCUT2D eigenvalue weighted by atomic mass is 10.1. The van der Waals surface area contributed by atoms with E-state index in [9.17, 15) is 22.8 Å². The van der Waals surface area contributed by atoms with Gasteiger partial charge < -0.3 is 16.4 Å². The van der Waals surface area contributed by atoms with Crippen molar-refractivity contribution in [2.24, 2.45) is 5.73 Å². The van der Waals surface area contributed by atoms with Gasteiger partial charge in [0.25, 0.3) is 5.91 Å². The summed E-state index contributed by atoms with van der Waals surface area (Å²) < 4.78 is 40.1. The van der Waals surface area contributed by atoms with Crippen LogP contribution in [0.15, 0.2) is 29.2 Å². The van der Waals surface area contributed by atoms with Crippen molar-refractivity contribution in [1.29, 1.82) is 0 Å². The van der Waals surface area contributed by atoms with E-state index in [2.05, 4.69) is 10.6 Å². The van der Waals surface area contributed by atoms with Gasteiger partial charge in [0.05, 0.1) is 11.3 Å². The zero-order valence-corrected chi connectivity index (χ0v) is 14.8. The number of hydrogen-bond donors (Lipinski definition) is 3. The number of thioether (sulfide) groups is 1. The maximum atomic E-state index is 13.4. The van der Waals surface area contributed by atoms with Crippen molar-refractivity contribution >= 4 is 23.6 Å². The van der Waals surface area contributed by atoms with Gasteiger partial charge in [0, 0.05) is 37.6 Å². The van der Waals surface area contributed by atoms with Crippen LogP contribution in [0.4, 0.5) is 13.2 Å². The average Bonchev–Trinajstić information content (AvgIpc) is 2.60. The smallest absolute Gasteiger partial charge is 0.369 e. The van der Waals surface area contributed by atoms with Gasteiger partial charge in [0.15, 0.2) is 0 Å². The van der Waals surface area contributed by atoms with Crippen LogP contribution in [0.3, 0.4) is 0 Å². The van der Waals surface area contributed by atoms with Crippen LogP contribution in [0.25, 0.3) is 0 Å². The Bertz CT molecular complexity index is 636. The normalized spacial score (nSPS) is 16.9. The van der Waals surface area contributed by atoms with Crippen molar-refractivity contribution in [3.8, 4) is 0 Å². The third kappa shape index (κ3) is 5.89. The molecule has 1 aromatic rings. The average molecular weight is 390 g/mol. The van der Waals surface area contributed by atoms with E-state index < -0.39 is 30.6 Å². The molecule has 6 nitrogen and oxygen atoms in total. The van der Waals surface area contributed by atoms with Crippen molar-refractivity contribution < 1.29 is 22.8 Å². The Morgan fingerprint density at radius 2 is 1.92 bits per heavy atom. The van der Waals surface area contributed by atoms with Crippen molar-refractivity contribution in [2.45, 2.75) is 17.1 Å². The largest absolute Gasteiger partial charge is 0.405 e. The van der Waals surface area contributed by atoms with E-state index in [0.29, 0.717) is 18.0 Å². The topological polar surface area (TPSA) is 87.5 Å². The molecule has 1 fully saturated rings. The summed E-state index contributed by atoms with van der Waals surface area (Å²) in [6.07, 6.45) is -4.44. The fraction of sp³-hybridized carbons (Fsp3) is 0.500. The highest BCUT2D eigenvalue weighted by atomic mass is 32.2. The molecule has 0 saturated carbocycles. The molecule has 2 amide bonds. The summed E-state index contributed by atoms with van der Waals surface area (Å²) in [5.74, 6) is -1.17. The lowest BCUT2D eigenvalue weighted by Crippen LogP contribution is -2.57. The van der Waals surface area contributed by atoms with Crippen LogP contribution < -0.4 is 16.4 Å². The predicted molar refractivity (Wildman–Crippen MR) is 93.0 cm³/mol. The zero-order valence-electron chi connectivity index (χ0n) is 14.0. The Balaban J connectivity index is 2.05. The van der Waals surface area contributed by atoms with E-state index in [1.165, 1.54) is 11.0 Å². The number of benzene rings is 1. The van der Waals surface area contributed by atoms with E-state index in [4.69, 9.17) is 5.73 Å². The first-order chi connectivity index (χ1) is 12.3. The number of hydrogen-bond acceptors (Lipinski definition) is 5. The van der Waals surface area contributed by atoms with Crippen LogP contribution in [-0.4, -0.2) is 67.4 Å². The predicted octanol–water partition coefficient (Wildman–Crippen LogP) is 0.830. The lowest BCUT2D eigenvalue weighted by Gasteiger charge is -2.35. The number of halogens is 3. The van der Waals surface area contributed by atoms with Gasteiger partial charge in [-0.1, -0.05) is 12.1 Å². The summed E-state index contributed by atoms with van der Waals surface area (Å²) in [6.45, 7) is 0.966. The van der Waals surface area contributed by atoms with Gasteiger partial charge >= 0.3 is 6.18 Å². The molecule has 4 N–H and O–H groups in total. The molecule has 0 bridgehead atoms. The minimum absolute atomic E-state index is 0.0176. The maximum absolute atomic E-state index is 13.4. The second-order valence-electron chi connectivity index (χ2n) is 5.80. The van der Waals surface area contributed by atoms with Crippen molar-refractivity contribution in [3.63, 3.8) is 0 Å². The SMILES string of the molecule is NC(=O)CSc1ccccc1C(=O)NCC(N1CCNCC1)C(F)(F)F. The summed E-state index contributed by atoms with van der Waals surface area (Å²) in [6, 6.07) is 4.69. The van der Waals surface area contributed by atoms with Crippen molar-refractivity contribution in [1.82, 2.24) is 15.5 Å². The maximum Gasteiger partial charge on any atom is 0.405 e. The van der Waals surface area contributed by atoms with Gasteiger partial charge in [-0.05, 0) is 12.1 Å². The van der Waals surface area contributed by atoms with Crippen LogP contribution in [0.5, 0.6) is 0 Å². The number of nitrogens with one attached hydrogen (secondary N) is 2. The zero-order chi connectivity index (χ0) is 19.2. The summed E-state index contributed by atoms with van der Waals surface area (Å²) in [4.78, 5) is 25.1. The molecule has 2 rings (SSSR count). The van der Waals surface area contributed by atoms with E-state index >= 15 is 0 Å². The fourth-order valence-corrected chi connectivity index (χ4v) is 3.45. The first kappa shape index (κ1) is 20.5. The molecule has 0 spiro atoms. The number of nitrogens with two attached hydrogens (primary N) is 1. The second-order valence-corrected chi connectivity index (χ2v) is 6.82. The third-order valence-corrected chi connectivity index (χ3v) is 5.02. The Labute approximate surface area is 153 Å². The molecule has 26 heavy (non-hydrogen) atoms. The summed E-state index contributed by atoms with van der Waals surface area (Å²) in [5, 5.41) is 5.39. The number of nitrogens with zero attached hydrogens (tertiary/aromatic N) is 1. The summed E-state index contributed by atoms with van der Waals surface area (Å²) in [7, 11) is 0. The van der Waals surface area contributed by atoms with Gasteiger partial charge in [0.2, 0.25) is 5.91 Å². The van der Waals surface area contributed by atoms with Gasteiger partial charge in [-0.3, -0.25) is 14.5 Å². The fourth-order valence-electron chi connectivity index (χ4n) is 2.66. The minimum atomic E-state index is -4.44. The number of carbonyl (C=O) groups excluding carboxylic acids is 2. The molecule has 0 aliphatic carbocycles. The van der Waals surface area contributed by atoms with E-state index in [1.54, 1.807) is 18.2 Å². The standard InChI is InChI=1S/C16H21F3N4O2S/c17-16(18,19)13(23-7-5-21-6-8-23)9-22-15(25)11-3-1-2-4-12(11)26-10-14(20)24/h1-4,13,21H,5-10H2,(H2,20,24)(H,22,25). The van der Waals surface area contributed by atoms with E-state index in [0.717, 1.165) is 11.8 Å². The Hall–Kier alpha value is -1.78. The Kier molecular flexibility index (Phi) is 7.30. The molecule has 1 aliphatic heterocycles. The molecular weight excluding hydrogens is 369 g/mol. The molecule has 1 saturated heterocycles. The molecule has 10 heteroatoms. The van der Waals surface area contributed by atoms with E-state index in [-0.39, 0.29) is 24.4 Å². The van der Waals surface area contributed by atoms with Crippen LogP contribution in [0.2, 0.25) is 0 Å². The monoisotopic (exact) mass is 390 g/mol. The Morgan fingerprint density at radius 1 is 1.27 bits per heavy atom. The third-order valence-electron chi connectivity index (χ3n) is 3.93. The highest BCUT2D eigenvalue weighted by Crippen LogP contribution is 2.26. The first-order valence-corrected chi connectivity index (χ1v) is 9.07. The number of alkyl halides is 3. The molecule has 1 atom stereocenters. The number of primary amides is 1. The van der Waals surface area contributed by atoms with Crippen LogP contribution in [0.1, 0.15) is 10.4 Å². The minimum Gasteiger partial charge on any atom is -0.369 e. The molecule has 0 aromatic heterocycles. The van der Waals surface area contributed by atoms with Crippen LogP contribution >= 0.6 is 11.8 Å². The number of rotatable bonds is 7. The number of amides is 2. The molecule has 1 heterocycles. The van der Waals surface area contributed by atoms with Crippen LogP contribution in [-0.2, 0) is 4.79 Å². The first-order valence-electron chi connectivity index (χ1n) is 8.09. The summed E-state index contributed by atoms with van der Waals surface area (Å²) >= 11 is 1.08.